The summed E-state index contributed by atoms with van der Waals surface area (Å²) >= 11 is 0. The molecule has 0 aliphatic rings. The van der Waals surface area contributed by atoms with Crippen LogP contribution in [0.5, 0.6) is 0 Å². The minimum atomic E-state index is -0.731. The Morgan fingerprint density at radius 2 is 1.84 bits per heavy atom. The molecule has 132 valence electrons. The lowest BCUT2D eigenvalue weighted by Crippen LogP contribution is -2.27. The maximum atomic E-state index is 12.0. The molecule has 0 saturated carbocycles. The number of ether oxygens (including phenoxy) is 1. The number of nitrogens with two attached hydrogens (primary N) is 1. The summed E-state index contributed by atoms with van der Waals surface area (Å²) in [4.78, 5) is 36.6. The highest BCUT2D eigenvalue weighted by molar-refractivity contribution is 6.04. The molecule has 0 aliphatic heterocycles. The molecule has 0 bridgehead atoms. The van der Waals surface area contributed by atoms with Gasteiger partial charge in [-0.15, -0.1) is 0 Å². The van der Waals surface area contributed by atoms with Crippen molar-refractivity contribution in [3.05, 3.63) is 46.3 Å². The van der Waals surface area contributed by atoms with E-state index in [-0.39, 0.29) is 17.1 Å². The van der Waals surface area contributed by atoms with Crippen LogP contribution >= 0.6 is 0 Å². The second-order valence-corrected chi connectivity index (χ2v) is 6.25. The van der Waals surface area contributed by atoms with E-state index >= 15 is 0 Å². The first-order valence-corrected chi connectivity index (χ1v) is 7.34. The lowest BCUT2D eigenvalue weighted by atomic mass is 10.0. The van der Waals surface area contributed by atoms with Gasteiger partial charge in [-0.05, 0) is 38.5 Å². The fraction of sp³-hybridized carbons (Fsp3) is 0.250. The van der Waals surface area contributed by atoms with Crippen LogP contribution in [0.4, 0.5) is 16.2 Å². The van der Waals surface area contributed by atoms with Crippen LogP contribution in [-0.2, 0) is 4.74 Å². The lowest BCUT2D eigenvalue weighted by molar-refractivity contribution is -0.384. The highest BCUT2D eigenvalue weighted by Crippen LogP contribution is 2.33. The van der Waals surface area contributed by atoms with Gasteiger partial charge in [0.25, 0.3) is 11.6 Å². The lowest BCUT2D eigenvalue weighted by Gasteiger charge is -2.19. The van der Waals surface area contributed by atoms with Crippen molar-refractivity contribution in [1.82, 2.24) is 4.98 Å². The Morgan fingerprint density at radius 1 is 1.24 bits per heavy atom. The average molecular weight is 346 g/mol. The molecule has 0 fully saturated rings. The standard InChI is InChI=1S/C16H18N4O5/c1-16(2,3)25-15(22)19-11-8-18-13(14(17)21)12(11)9-4-6-10(7-5-9)20(23)24/h4-8,18H,1-3H3,(H2,17,21)(H,19,22). The largest absolute Gasteiger partial charge is 0.444 e. The Morgan fingerprint density at radius 3 is 2.32 bits per heavy atom. The number of aromatic nitrogens is 1. The molecule has 0 aliphatic carbocycles. The molecule has 2 amide bonds. The van der Waals surface area contributed by atoms with E-state index in [1.165, 1.54) is 30.5 Å². The number of anilines is 1. The maximum Gasteiger partial charge on any atom is 0.412 e. The number of nitro groups is 1. The number of carbonyl (C=O) groups excluding carboxylic acids is 2. The number of amides is 2. The van der Waals surface area contributed by atoms with E-state index in [2.05, 4.69) is 10.3 Å². The molecule has 0 spiro atoms. The number of nitrogens with zero attached hydrogens (tertiary/aromatic N) is 1. The molecule has 1 aromatic carbocycles. The topological polar surface area (TPSA) is 140 Å². The first-order valence-electron chi connectivity index (χ1n) is 7.34. The number of rotatable bonds is 4. The number of non-ortho nitro benzene ring substituents is 1. The third-order valence-corrected chi connectivity index (χ3v) is 3.13. The second kappa shape index (κ2) is 6.63. The SMILES string of the molecule is CC(C)(C)OC(=O)Nc1c[nH]c(C(N)=O)c1-c1ccc([N+](=O)[O-])cc1. The van der Waals surface area contributed by atoms with Crippen molar-refractivity contribution in [1.29, 1.82) is 0 Å². The number of hydrogen-bond donors (Lipinski definition) is 3. The Hall–Kier alpha value is -3.36. The summed E-state index contributed by atoms with van der Waals surface area (Å²) in [5.74, 6) is -0.731. The van der Waals surface area contributed by atoms with E-state index < -0.39 is 22.5 Å². The first kappa shape index (κ1) is 18.0. The zero-order valence-electron chi connectivity index (χ0n) is 14.0. The van der Waals surface area contributed by atoms with Gasteiger partial charge in [-0.3, -0.25) is 20.2 Å². The average Bonchev–Trinajstić information content (AvgIpc) is 2.89. The van der Waals surface area contributed by atoms with E-state index in [0.717, 1.165) is 0 Å². The zero-order valence-corrected chi connectivity index (χ0v) is 14.0. The van der Waals surface area contributed by atoms with E-state index in [1.54, 1.807) is 20.8 Å². The summed E-state index contributed by atoms with van der Waals surface area (Å²) in [7, 11) is 0. The summed E-state index contributed by atoms with van der Waals surface area (Å²) < 4.78 is 5.18. The van der Waals surface area contributed by atoms with Gasteiger partial charge in [-0.2, -0.15) is 0 Å². The molecular weight excluding hydrogens is 328 g/mol. The number of nitro benzene ring substituents is 1. The van der Waals surface area contributed by atoms with Crippen LogP contribution in [0.25, 0.3) is 11.1 Å². The van der Waals surface area contributed by atoms with Crippen LogP contribution in [0.1, 0.15) is 31.3 Å². The van der Waals surface area contributed by atoms with Gasteiger partial charge in [0.15, 0.2) is 0 Å². The molecular formula is C16H18N4O5. The van der Waals surface area contributed by atoms with Gasteiger partial charge in [0.2, 0.25) is 0 Å². The predicted molar refractivity (Wildman–Crippen MR) is 91.3 cm³/mol. The molecule has 0 unspecified atom stereocenters. The summed E-state index contributed by atoms with van der Waals surface area (Å²) in [6, 6.07) is 5.52. The Labute approximate surface area is 143 Å². The van der Waals surface area contributed by atoms with Crippen LogP contribution in [0, 0.1) is 10.1 Å². The van der Waals surface area contributed by atoms with Crippen molar-refractivity contribution in [3.8, 4) is 11.1 Å². The molecule has 0 radical (unpaired) electrons. The van der Waals surface area contributed by atoms with E-state index in [1.807, 2.05) is 0 Å². The van der Waals surface area contributed by atoms with Gasteiger partial charge in [-0.25, -0.2) is 4.79 Å². The molecule has 2 aromatic rings. The quantitative estimate of drug-likeness (QED) is 0.576. The number of hydrogen-bond acceptors (Lipinski definition) is 5. The Kier molecular flexibility index (Phi) is 4.77. The van der Waals surface area contributed by atoms with Gasteiger partial charge >= 0.3 is 6.09 Å². The fourth-order valence-electron chi connectivity index (χ4n) is 2.18. The highest BCUT2D eigenvalue weighted by atomic mass is 16.6. The molecule has 0 atom stereocenters. The van der Waals surface area contributed by atoms with Crippen molar-refractivity contribution in [2.75, 3.05) is 5.32 Å². The maximum absolute atomic E-state index is 12.0. The predicted octanol–water partition coefficient (Wildman–Crippen LogP) is 3.04. The molecule has 0 saturated heterocycles. The van der Waals surface area contributed by atoms with E-state index in [9.17, 15) is 19.7 Å². The van der Waals surface area contributed by atoms with Gasteiger partial charge in [-0.1, -0.05) is 0 Å². The smallest absolute Gasteiger partial charge is 0.412 e. The number of carbonyl (C=O) groups is 2. The number of aromatic amines is 1. The van der Waals surface area contributed by atoms with E-state index in [0.29, 0.717) is 11.1 Å². The number of nitrogens with one attached hydrogen (secondary N) is 2. The van der Waals surface area contributed by atoms with Crippen molar-refractivity contribution < 1.29 is 19.2 Å². The van der Waals surface area contributed by atoms with Gasteiger partial charge in [0.05, 0.1) is 10.6 Å². The molecule has 4 N–H and O–H groups in total. The van der Waals surface area contributed by atoms with Crippen molar-refractivity contribution in [3.63, 3.8) is 0 Å². The molecule has 9 nitrogen and oxygen atoms in total. The molecule has 9 heteroatoms. The van der Waals surface area contributed by atoms with Crippen molar-refractivity contribution in [2.45, 2.75) is 26.4 Å². The minimum Gasteiger partial charge on any atom is -0.444 e. The summed E-state index contributed by atoms with van der Waals surface area (Å²) in [6.07, 6.45) is 0.700. The summed E-state index contributed by atoms with van der Waals surface area (Å²) in [6.45, 7) is 5.15. The molecule has 25 heavy (non-hydrogen) atoms. The van der Waals surface area contributed by atoms with Gasteiger partial charge < -0.3 is 15.5 Å². The Balaban J connectivity index is 2.41. The van der Waals surface area contributed by atoms with Crippen LogP contribution in [-0.4, -0.2) is 27.5 Å². The van der Waals surface area contributed by atoms with Crippen molar-refractivity contribution in [2.24, 2.45) is 5.73 Å². The second-order valence-electron chi connectivity index (χ2n) is 6.25. The summed E-state index contributed by atoms with van der Waals surface area (Å²) in [5.41, 5.74) is 5.71. The van der Waals surface area contributed by atoms with Crippen molar-refractivity contribution >= 4 is 23.4 Å². The fourth-order valence-corrected chi connectivity index (χ4v) is 2.18. The Bertz CT molecular complexity index is 818. The first-order chi connectivity index (χ1) is 11.6. The highest BCUT2D eigenvalue weighted by Gasteiger charge is 2.22. The van der Waals surface area contributed by atoms with Crippen LogP contribution in [0.15, 0.2) is 30.5 Å². The van der Waals surface area contributed by atoms with E-state index in [4.69, 9.17) is 10.5 Å². The normalized spacial score (nSPS) is 11.0. The van der Waals surface area contributed by atoms with Gasteiger partial charge in [0, 0.05) is 23.9 Å². The number of H-pyrrole nitrogens is 1. The van der Waals surface area contributed by atoms with Crippen LogP contribution in [0.2, 0.25) is 0 Å². The molecule has 1 aromatic heterocycles. The number of benzene rings is 1. The minimum absolute atomic E-state index is 0.0694. The van der Waals surface area contributed by atoms with Crippen LogP contribution in [0.3, 0.4) is 0 Å². The number of primary amides is 1. The summed E-state index contributed by atoms with van der Waals surface area (Å²) in [5, 5.41) is 13.3. The monoisotopic (exact) mass is 346 g/mol. The zero-order chi connectivity index (χ0) is 18.8. The molecule has 2 rings (SSSR count). The third-order valence-electron chi connectivity index (χ3n) is 3.13. The molecule has 1 heterocycles. The van der Waals surface area contributed by atoms with Crippen LogP contribution < -0.4 is 11.1 Å². The third kappa shape index (κ3) is 4.34. The van der Waals surface area contributed by atoms with Gasteiger partial charge in [0.1, 0.15) is 11.3 Å².